The van der Waals surface area contributed by atoms with E-state index in [2.05, 4.69) is 85.2 Å². The van der Waals surface area contributed by atoms with Gasteiger partial charge in [-0.3, -0.25) is 9.69 Å². The minimum Gasteiger partial charge on any atom is -0.321 e. The zero-order valence-corrected chi connectivity index (χ0v) is 22.4. The molecule has 0 spiro atoms. The fourth-order valence-electron chi connectivity index (χ4n) is 5.65. The molecule has 0 saturated heterocycles. The van der Waals surface area contributed by atoms with Crippen LogP contribution in [0.15, 0.2) is 23.0 Å². The van der Waals surface area contributed by atoms with Crippen molar-refractivity contribution < 1.29 is 0 Å². The Hall–Kier alpha value is -2.54. The second-order valence-corrected chi connectivity index (χ2v) is 11.1. The third-order valence-corrected chi connectivity index (χ3v) is 7.96. The fourth-order valence-corrected chi connectivity index (χ4v) is 5.65. The number of fused-ring (bicyclic) bond motifs is 1. The van der Waals surface area contributed by atoms with E-state index >= 15 is 0 Å². The molecular formula is C28H42N6O. The fraction of sp³-hybridized carbons (Fsp3) is 0.643. The van der Waals surface area contributed by atoms with Gasteiger partial charge in [-0.05, 0) is 86.9 Å². The molecule has 35 heavy (non-hydrogen) atoms. The number of aryl methyl sites for hydroxylation is 2. The van der Waals surface area contributed by atoms with Crippen molar-refractivity contribution in [3.05, 3.63) is 51.1 Å². The smallest absolute Gasteiger partial charge is 0.252 e. The first kappa shape index (κ1) is 25.5. The molecule has 7 heteroatoms. The van der Waals surface area contributed by atoms with E-state index in [0.29, 0.717) is 12.6 Å². The number of pyridine rings is 1. The molecule has 1 aromatic carbocycles. The molecule has 4 rings (SSSR count). The first-order valence-corrected chi connectivity index (χ1v) is 13.4. The molecule has 1 aliphatic carbocycles. The lowest BCUT2D eigenvalue weighted by atomic mass is 9.91. The number of benzene rings is 1. The van der Waals surface area contributed by atoms with Gasteiger partial charge in [0.15, 0.2) is 5.82 Å². The maximum atomic E-state index is 13.3. The van der Waals surface area contributed by atoms with Crippen molar-refractivity contribution >= 4 is 10.9 Å². The Labute approximate surface area is 209 Å². The van der Waals surface area contributed by atoms with Crippen LogP contribution >= 0.6 is 0 Å². The van der Waals surface area contributed by atoms with E-state index in [0.717, 1.165) is 60.0 Å². The minimum atomic E-state index is -0.168. The Morgan fingerprint density at radius 1 is 1.14 bits per heavy atom. The van der Waals surface area contributed by atoms with Crippen molar-refractivity contribution in [2.45, 2.75) is 117 Å². The summed E-state index contributed by atoms with van der Waals surface area (Å²) in [6.45, 7) is 13.6. The van der Waals surface area contributed by atoms with Crippen LogP contribution < -0.4 is 5.56 Å². The van der Waals surface area contributed by atoms with Crippen LogP contribution in [0.4, 0.5) is 0 Å². The van der Waals surface area contributed by atoms with Crippen molar-refractivity contribution in [3.8, 4) is 0 Å². The van der Waals surface area contributed by atoms with Crippen LogP contribution in [0.5, 0.6) is 0 Å². The summed E-state index contributed by atoms with van der Waals surface area (Å²) in [7, 11) is 0. The summed E-state index contributed by atoms with van der Waals surface area (Å²) >= 11 is 0. The average Bonchev–Trinajstić information content (AvgIpc) is 3.33. The number of tetrazole rings is 1. The molecule has 3 aromatic rings. The number of nitrogens with zero attached hydrogens (tertiary/aromatic N) is 5. The van der Waals surface area contributed by atoms with Gasteiger partial charge in [-0.15, -0.1) is 5.10 Å². The molecule has 1 saturated carbocycles. The molecule has 7 nitrogen and oxygen atoms in total. The third-order valence-electron chi connectivity index (χ3n) is 7.96. The molecule has 0 radical (unpaired) electrons. The summed E-state index contributed by atoms with van der Waals surface area (Å²) in [5.74, 6) is 0.924. The summed E-state index contributed by atoms with van der Waals surface area (Å²) in [5, 5.41) is 14.2. The Morgan fingerprint density at radius 2 is 1.89 bits per heavy atom. The van der Waals surface area contributed by atoms with Crippen molar-refractivity contribution in [2.75, 3.05) is 0 Å². The van der Waals surface area contributed by atoms with Gasteiger partial charge in [-0.1, -0.05) is 51.2 Å². The van der Waals surface area contributed by atoms with Crippen LogP contribution in [-0.2, 0) is 12.1 Å². The second kappa shape index (κ2) is 10.6. The predicted molar refractivity (Wildman–Crippen MR) is 142 cm³/mol. The number of aromatic nitrogens is 5. The van der Waals surface area contributed by atoms with E-state index < -0.39 is 0 Å². The Balaban J connectivity index is 1.80. The SMILES string of the molecule is CCCC(c1nnnn1C(C)(C)CC)N(Cc1cc2cc(C)cc(C)c2[nH]c1=O)C1CCCCC1. The lowest BCUT2D eigenvalue weighted by Gasteiger charge is -2.40. The third kappa shape index (κ3) is 5.35. The zero-order chi connectivity index (χ0) is 25.2. The Morgan fingerprint density at radius 3 is 2.57 bits per heavy atom. The number of aromatic amines is 1. The van der Waals surface area contributed by atoms with Gasteiger partial charge in [0, 0.05) is 18.2 Å². The van der Waals surface area contributed by atoms with E-state index in [1.54, 1.807) is 0 Å². The standard InChI is InChI=1S/C28H42N6O/c1-7-12-24(26-30-31-32-34(26)28(5,6)8-2)33(23-13-10-9-11-14-23)18-22-17-21-16-19(3)15-20(4)25(21)29-27(22)35/h15-17,23-24H,7-14,18H2,1-6H3,(H,29,35). The minimum absolute atomic E-state index is 0.00832. The molecule has 1 aliphatic rings. The van der Waals surface area contributed by atoms with Crippen LogP contribution in [0.1, 0.15) is 108 Å². The monoisotopic (exact) mass is 478 g/mol. The lowest BCUT2D eigenvalue weighted by Crippen LogP contribution is -2.42. The van der Waals surface area contributed by atoms with E-state index in [-0.39, 0.29) is 17.1 Å². The number of H-pyrrole nitrogens is 1. The van der Waals surface area contributed by atoms with Gasteiger partial charge in [0.2, 0.25) is 0 Å². The van der Waals surface area contributed by atoms with E-state index in [1.165, 1.54) is 24.8 Å². The van der Waals surface area contributed by atoms with E-state index in [1.807, 2.05) is 4.68 Å². The maximum absolute atomic E-state index is 13.3. The molecule has 2 heterocycles. The van der Waals surface area contributed by atoms with E-state index in [9.17, 15) is 4.79 Å². The molecule has 0 aliphatic heterocycles. The van der Waals surface area contributed by atoms with E-state index in [4.69, 9.17) is 0 Å². The highest BCUT2D eigenvalue weighted by molar-refractivity contribution is 5.82. The molecule has 190 valence electrons. The Bertz CT molecular complexity index is 1200. The van der Waals surface area contributed by atoms with Crippen LogP contribution in [-0.4, -0.2) is 36.1 Å². The largest absolute Gasteiger partial charge is 0.321 e. The number of hydrogen-bond acceptors (Lipinski definition) is 5. The summed E-state index contributed by atoms with van der Waals surface area (Å²) in [6, 6.07) is 6.88. The van der Waals surface area contributed by atoms with Crippen LogP contribution in [0.2, 0.25) is 0 Å². The van der Waals surface area contributed by atoms with Gasteiger partial charge in [0.25, 0.3) is 5.56 Å². The van der Waals surface area contributed by atoms with Crippen LogP contribution in [0.3, 0.4) is 0 Å². The van der Waals surface area contributed by atoms with Gasteiger partial charge in [0.1, 0.15) is 0 Å². The molecule has 0 bridgehead atoms. The molecule has 1 unspecified atom stereocenters. The predicted octanol–water partition coefficient (Wildman–Crippen LogP) is 5.95. The molecular weight excluding hydrogens is 436 g/mol. The molecule has 1 fully saturated rings. The van der Waals surface area contributed by atoms with Crippen LogP contribution in [0.25, 0.3) is 10.9 Å². The molecule has 0 amide bonds. The second-order valence-electron chi connectivity index (χ2n) is 11.1. The van der Waals surface area contributed by atoms with Crippen molar-refractivity contribution in [3.63, 3.8) is 0 Å². The van der Waals surface area contributed by atoms with Gasteiger partial charge in [-0.25, -0.2) is 4.68 Å². The summed E-state index contributed by atoms with van der Waals surface area (Å²) in [6.07, 6.45) is 9.00. The quantitative estimate of drug-likeness (QED) is 0.411. The molecule has 1 N–H and O–H groups in total. The average molecular weight is 479 g/mol. The number of nitrogens with one attached hydrogen (secondary N) is 1. The summed E-state index contributed by atoms with van der Waals surface area (Å²) < 4.78 is 2.03. The molecule has 2 aromatic heterocycles. The number of rotatable bonds is 9. The maximum Gasteiger partial charge on any atom is 0.252 e. The highest BCUT2D eigenvalue weighted by Crippen LogP contribution is 2.35. The van der Waals surface area contributed by atoms with Crippen molar-refractivity contribution in [1.82, 2.24) is 30.1 Å². The normalized spacial score (nSPS) is 16.3. The first-order valence-electron chi connectivity index (χ1n) is 13.4. The topological polar surface area (TPSA) is 79.7 Å². The first-order chi connectivity index (χ1) is 16.7. The van der Waals surface area contributed by atoms with Crippen molar-refractivity contribution in [2.24, 2.45) is 0 Å². The van der Waals surface area contributed by atoms with Gasteiger partial charge >= 0.3 is 0 Å². The van der Waals surface area contributed by atoms with Gasteiger partial charge in [0.05, 0.1) is 17.1 Å². The summed E-state index contributed by atoms with van der Waals surface area (Å²) in [5.41, 5.74) is 3.92. The van der Waals surface area contributed by atoms with Gasteiger partial charge < -0.3 is 4.98 Å². The van der Waals surface area contributed by atoms with Crippen LogP contribution in [0, 0.1) is 13.8 Å². The number of hydrogen-bond donors (Lipinski definition) is 1. The van der Waals surface area contributed by atoms with Gasteiger partial charge in [-0.2, -0.15) is 0 Å². The highest BCUT2D eigenvalue weighted by atomic mass is 16.1. The van der Waals surface area contributed by atoms with Crippen molar-refractivity contribution in [1.29, 1.82) is 0 Å². The zero-order valence-electron chi connectivity index (χ0n) is 22.4. The summed E-state index contributed by atoms with van der Waals surface area (Å²) in [4.78, 5) is 19.0. The lowest BCUT2D eigenvalue weighted by molar-refractivity contribution is 0.0770. The highest BCUT2D eigenvalue weighted by Gasteiger charge is 2.35. The molecule has 1 atom stereocenters. The Kier molecular flexibility index (Phi) is 7.74.